The van der Waals surface area contributed by atoms with Crippen LogP contribution in [0.5, 0.6) is 0 Å². The van der Waals surface area contributed by atoms with Crippen molar-refractivity contribution in [1.29, 1.82) is 0 Å². The highest BCUT2D eigenvalue weighted by Gasteiger charge is 2.36. The molecule has 0 saturated carbocycles. The molecule has 1 unspecified atom stereocenters. The Morgan fingerprint density at radius 3 is 2.55 bits per heavy atom. The Balaban J connectivity index is 0.00000200. The molecule has 1 fully saturated rings. The Morgan fingerprint density at radius 1 is 1.40 bits per heavy atom. The minimum Gasteiger partial charge on any atom is -0.353 e. The fraction of sp³-hybridized carbons (Fsp3) is 0.385. The van der Waals surface area contributed by atoms with E-state index < -0.39 is 5.54 Å². The molecule has 110 valence electrons. The van der Waals surface area contributed by atoms with Gasteiger partial charge in [0.15, 0.2) is 0 Å². The van der Waals surface area contributed by atoms with Crippen molar-refractivity contribution in [3.63, 3.8) is 0 Å². The van der Waals surface area contributed by atoms with Crippen molar-refractivity contribution in [2.24, 2.45) is 5.73 Å². The summed E-state index contributed by atoms with van der Waals surface area (Å²) in [5.41, 5.74) is 5.77. The molecular formula is C13H17BrClN3O2. The first-order chi connectivity index (χ1) is 8.91. The SMILES string of the molecule is CC(N)(C(=O)N1CCNC(=O)C1)c1ccc(Br)cc1.Cl. The van der Waals surface area contributed by atoms with Crippen molar-refractivity contribution in [2.45, 2.75) is 12.5 Å². The van der Waals surface area contributed by atoms with E-state index in [0.29, 0.717) is 13.1 Å². The van der Waals surface area contributed by atoms with Crippen molar-refractivity contribution in [2.75, 3.05) is 19.6 Å². The van der Waals surface area contributed by atoms with Crippen molar-refractivity contribution in [1.82, 2.24) is 10.2 Å². The Morgan fingerprint density at radius 2 is 2.00 bits per heavy atom. The van der Waals surface area contributed by atoms with E-state index in [1.807, 2.05) is 24.3 Å². The van der Waals surface area contributed by atoms with Crippen LogP contribution in [0.1, 0.15) is 12.5 Å². The van der Waals surface area contributed by atoms with Crippen LogP contribution < -0.4 is 11.1 Å². The second-order valence-corrected chi connectivity index (χ2v) is 5.70. The quantitative estimate of drug-likeness (QED) is 0.824. The molecule has 1 aliphatic heterocycles. The molecule has 1 aromatic carbocycles. The maximum atomic E-state index is 12.5. The molecule has 20 heavy (non-hydrogen) atoms. The van der Waals surface area contributed by atoms with Crippen LogP contribution in [-0.4, -0.2) is 36.3 Å². The molecule has 1 heterocycles. The van der Waals surface area contributed by atoms with Gasteiger partial charge in [0.1, 0.15) is 5.54 Å². The Kier molecular flexibility index (Phi) is 5.56. The topological polar surface area (TPSA) is 75.4 Å². The summed E-state index contributed by atoms with van der Waals surface area (Å²) in [7, 11) is 0. The van der Waals surface area contributed by atoms with Crippen LogP contribution in [0.4, 0.5) is 0 Å². The van der Waals surface area contributed by atoms with Crippen molar-refractivity contribution >= 4 is 40.2 Å². The van der Waals surface area contributed by atoms with Gasteiger partial charge in [-0.15, -0.1) is 12.4 Å². The van der Waals surface area contributed by atoms with Gasteiger partial charge in [-0.2, -0.15) is 0 Å². The van der Waals surface area contributed by atoms with Gasteiger partial charge >= 0.3 is 0 Å². The number of nitrogens with two attached hydrogens (primary N) is 1. The number of nitrogens with one attached hydrogen (secondary N) is 1. The lowest BCUT2D eigenvalue weighted by atomic mass is 9.91. The first kappa shape index (κ1) is 16.9. The summed E-state index contributed by atoms with van der Waals surface area (Å²) < 4.78 is 0.928. The van der Waals surface area contributed by atoms with Crippen molar-refractivity contribution in [3.05, 3.63) is 34.3 Å². The minimum atomic E-state index is -1.13. The number of hydrogen-bond donors (Lipinski definition) is 2. The Hall–Kier alpha value is -1.11. The first-order valence-corrected chi connectivity index (χ1v) is 6.81. The second-order valence-electron chi connectivity index (χ2n) is 4.79. The summed E-state index contributed by atoms with van der Waals surface area (Å²) in [5.74, 6) is -0.379. The highest BCUT2D eigenvalue weighted by Crippen LogP contribution is 2.22. The molecule has 0 aliphatic carbocycles. The van der Waals surface area contributed by atoms with E-state index in [-0.39, 0.29) is 30.8 Å². The third kappa shape index (κ3) is 3.50. The summed E-state index contributed by atoms with van der Waals surface area (Å²) in [6.07, 6.45) is 0. The van der Waals surface area contributed by atoms with Gasteiger partial charge in [-0.1, -0.05) is 28.1 Å². The summed E-state index contributed by atoms with van der Waals surface area (Å²) in [6.45, 7) is 2.71. The average molecular weight is 363 g/mol. The lowest BCUT2D eigenvalue weighted by Gasteiger charge is -2.34. The maximum absolute atomic E-state index is 12.5. The average Bonchev–Trinajstić information content (AvgIpc) is 2.38. The van der Waals surface area contributed by atoms with Crippen LogP contribution in [0.3, 0.4) is 0 Å². The lowest BCUT2D eigenvalue weighted by molar-refractivity contribution is -0.142. The molecule has 1 aliphatic rings. The highest BCUT2D eigenvalue weighted by molar-refractivity contribution is 9.10. The predicted octanol–water partition coefficient (Wildman–Crippen LogP) is 1.00. The predicted molar refractivity (Wildman–Crippen MR) is 82.5 cm³/mol. The molecule has 3 N–H and O–H groups in total. The zero-order chi connectivity index (χ0) is 14.0. The van der Waals surface area contributed by atoms with E-state index in [2.05, 4.69) is 21.2 Å². The molecule has 1 atom stereocenters. The van der Waals surface area contributed by atoms with Gasteiger partial charge in [-0.05, 0) is 24.6 Å². The zero-order valence-corrected chi connectivity index (χ0v) is 13.5. The summed E-state index contributed by atoms with van der Waals surface area (Å²) in [6, 6.07) is 7.31. The fourth-order valence-electron chi connectivity index (χ4n) is 2.06. The third-order valence-corrected chi connectivity index (χ3v) is 3.74. The Labute approximate surface area is 132 Å². The van der Waals surface area contributed by atoms with E-state index in [9.17, 15) is 9.59 Å². The molecule has 2 amide bonds. The number of carbonyl (C=O) groups excluding carboxylic acids is 2. The van der Waals surface area contributed by atoms with Gasteiger partial charge in [0.25, 0.3) is 0 Å². The molecule has 0 radical (unpaired) electrons. The normalized spacial score (nSPS) is 17.8. The van der Waals surface area contributed by atoms with Crippen molar-refractivity contribution < 1.29 is 9.59 Å². The van der Waals surface area contributed by atoms with E-state index in [1.54, 1.807) is 6.92 Å². The number of carbonyl (C=O) groups is 2. The first-order valence-electron chi connectivity index (χ1n) is 6.02. The van der Waals surface area contributed by atoms with E-state index in [0.717, 1.165) is 10.0 Å². The van der Waals surface area contributed by atoms with Crippen LogP contribution in [0.15, 0.2) is 28.7 Å². The number of piperazine rings is 1. The minimum absolute atomic E-state index is 0. The molecular weight excluding hydrogens is 346 g/mol. The molecule has 2 rings (SSSR count). The van der Waals surface area contributed by atoms with Gasteiger partial charge < -0.3 is 16.0 Å². The smallest absolute Gasteiger partial charge is 0.247 e. The number of hydrogen-bond acceptors (Lipinski definition) is 3. The van der Waals surface area contributed by atoms with E-state index in [4.69, 9.17) is 5.73 Å². The molecule has 7 heteroatoms. The van der Waals surface area contributed by atoms with Crippen LogP contribution in [-0.2, 0) is 15.1 Å². The standard InChI is InChI=1S/C13H16BrN3O2.ClH/c1-13(15,9-2-4-10(14)5-3-9)12(19)17-7-6-16-11(18)8-17;/h2-5H,6-8,15H2,1H3,(H,16,18);1H. The van der Waals surface area contributed by atoms with Gasteiger partial charge in [-0.3, -0.25) is 9.59 Å². The lowest BCUT2D eigenvalue weighted by Crippen LogP contribution is -2.57. The molecule has 5 nitrogen and oxygen atoms in total. The van der Waals surface area contributed by atoms with Crippen LogP contribution in [0, 0.1) is 0 Å². The van der Waals surface area contributed by atoms with Crippen molar-refractivity contribution in [3.8, 4) is 0 Å². The molecule has 1 aromatic rings. The number of nitrogens with zero attached hydrogens (tertiary/aromatic N) is 1. The number of benzene rings is 1. The fourth-order valence-corrected chi connectivity index (χ4v) is 2.32. The van der Waals surface area contributed by atoms with Crippen LogP contribution >= 0.6 is 28.3 Å². The number of amides is 2. The summed E-state index contributed by atoms with van der Waals surface area (Å²) in [4.78, 5) is 25.3. The monoisotopic (exact) mass is 361 g/mol. The van der Waals surface area contributed by atoms with E-state index in [1.165, 1.54) is 4.90 Å². The second kappa shape index (κ2) is 6.56. The zero-order valence-electron chi connectivity index (χ0n) is 11.1. The molecule has 0 aromatic heterocycles. The van der Waals surface area contributed by atoms with E-state index >= 15 is 0 Å². The number of halogens is 2. The molecule has 0 spiro atoms. The molecule has 1 saturated heterocycles. The molecule has 0 bridgehead atoms. The van der Waals surface area contributed by atoms with Crippen LogP contribution in [0.2, 0.25) is 0 Å². The highest BCUT2D eigenvalue weighted by atomic mass is 79.9. The maximum Gasteiger partial charge on any atom is 0.247 e. The van der Waals surface area contributed by atoms with Gasteiger partial charge in [0.2, 0.25) is 11.8 Å². The van der Waals surface area contributed by atoms with Gasteiger partial charge in [0.05, 0.1) is 6.54 Å². The summed E-state index contributed by atoms with van der Waals surface area (Å²) >= 11 is 3.34. The third-order valence-electron chi connectivity index (χ3n) is 3.21. The van der Waals surface area contributed by atoms with Gasteiger partial charge in [0, 0.05) is 17.6 Å². The number of rotatable bonds is 2. The largest absolute Gasteiger partial charge is 0.353 e. The summed E-state index contributed by atoms with van der Waals surface area (Å²) in [5, 5.41) is 2.69. The van der Waals surface area contributed by atoms with Crippen LogP contribution in [0.25, 0.3) is 0 Å². The van der Waals surface area contributed by atoms with Gasteiger partial charge in [-0.25, -0.2) is 0 Å². The Bertz CT molecular complexity index is 505.